The molecule has 0 amide bonds. The Kier molecular flexibility index (Phi) is 3.40. The quantitative estimate of drug-likeness (QED) is 0.881. The normalized spacial score (nSPS) is 24.1. The Morgan fingerprint density at radius 1 is 1.40 bits per heavy atom. The summed E-state index contributed by atoms with van der Waals surface area (Å²) in [4.78, 5) is 5.59. The lowest BCUT2D eigenvalue weighted by atomic mass is 9.88. The van der Waals surface area contributed by atoms with Crippen molar-refractivity contribution in [3.05, 3.63) is 41.6 Å². The zero-order chi connectivity index (χ0) is 14.3. The molecular weight excluding hydrogens is 248 g/mol. The molecule has 3 nitrogen and oxygen atoms in total. The van der Waals surface area contributed by atoms with Gasteiger partial charge in [0.15, 0.2) is 0 Å². The summed E-state index contributed by atoms with van der Waals surface area (Å²) in [6.07, 6.45) is 4.30. The minimum absolute atomic E-state index is 0.0829. The molecule has 3 rings (SSSR count). The second-order valence-corrected chi connectivity index (χ2v) is 5.99. The number of benzene rings is 1. The van der Waals surface area contributed by atoms with Crippen molar-refractivity contribution in [2.24, 2.45) is 5.92 Å². The lowest BCUT2D eigenvalue weighted by Crippen LogP contribution is -2.41. The first kappa shape index (κ1) is 13.4. The maximum Gasteiger partial charge on any atom is 0.0628 e. The number of aliphatic hydroxyl groups excluding tert-OH is 1. The van der Waals surface area contributed by atoms with Gasteiger partial charge in [0.1, 0.15) is 0 Å². The number of nitrogens with one attached hydrogen (secondary N) is 1. The second-order valence-electron chi connectivity index (χ2n) is 5.99. The Bertz CT molecular complexity index is 656. The van der Waals surface area contributed by atoms with Crippen molar-refractivity contribution >= 4 is 16.5 Å². The molecule has 0 spiro atoms. The average molecular weight is 270 g/mol. The van der Waals surface area contributed by atoms with E-state index in [-0.39, 0.29) is 12.6 Å². The Morgan fingerprint density at radius 3 is 2.95 bits per heavy atom. The molecule has 2 aromatic rings. The fraction of sp³-hybridized carbons (Fsp3) is 0.412. The van der Waals surface area contributed by atoms with Crippen LogP contribution in [0.2, 0.25) is 0 Å². The third kappa shape index (κ3) is 2.17. The van der Waals surface area contributed by atoms with E-state index in [1.54, 1.807) is 0 Å². The smallest absolute Gasteiger partial charge is 0.0628 e. The molecule has 1 aliphatic heterocycles. The fourth-order valence-electron chi connectivity index (χ4n) is 3.35. The van der Waals surface area contributed by atoms with Crippen molar-refractivity contribution in [1.29, 1.82) is 0 Å². The van der Waals surface area contributed by atoms with Crippen molar-refractivity contribution in [2.45, 2.75) is 19.9 Å². The van der Waals surface area contributed by atoms with Crippen LogP contribution in [0.5, 0.6) is 0 Å². The van der Waals surface area contributed by atoms with Crippen LogP contribution in [0, 0.1) is 12.8 Å². The van der Waals surface area contributed by atoms with Crippen molar-refractivity contribution in [2.75, 3.05) is 20.2 Å². The highest BCUT2D eigenvalue weighted by atomic mass is 16.3. The summed E-state index contributed by atoms with van der Waals surface area (Å²) in [5.74, 6) is 0.503. The van der Waals surface area contributed by atoms with Crippen LogP contribution in [0.1, 0.15) is 18.1 Å². The van der Waals surface area contributed by atoms with Gasteiger partial charge in [-0.2, -0.15) is 0 Å². The number of nitrogens with zero attached hydrogens (tertiary/aromatic N) is 1. The zero-order valence-corrected chi connectivity index (χ0v) is 12.4. The minimum Gasteiger partial charge on any atom is -0.394 e. The molecule has 20 heavy (non-hydrogen) atoms. The molecule has 1 aromatic carbocycles. The van der Waals surface area contributed by atoms with E-state index in [0.717, 1.165) is 6.54 Å². The predicted octanol–water partition coefficient (Wildman–Crippen LogP) is 2.80. The molecule has 2 atom stereocenters. The van der Waals surface area contributed by atoms with Gasteiger partial charge in [-0.05, 0) is 49.2 Å². The van der Waals surface area contributed by atoms with Gasteiger partial charge in [0.2, 0.25) is 0 Å². The number of hydrogen-bond donors (Lipinski definition) is 2. The van der Waals surface area contributed by atoms with Gasteiger partial charge < -0.3 is 10.1 Å². The number of hydrogen-bond acceptors (Lipinski definition) is 2. The van der Waals surface area contributed by atoms with Crippen LogP contribution >= 0.6 is 0 Å². The highest BCUT2D eigenvalue weighted by Crippen LogP contribution is 2.33. The first-order chi connectivity index (χ1) is 9.60. The molecule has 0 aliphatic carbocycles. The summed E-state index contributed by atoms with van der Waals surface area (Å²) in [5.41, 5.74) is 4.89. The van der Waals surface area contributed by atoms with Gasteiger partial charge in [0.25, 0.3) is 0 Å². The van der Waals surface area contributed by atoms with E-state index in [1.165, 1.54) is 27.6 Å². The Hall–Kier alpha value is -1.58. The average Bonchev–Trinajstić information content (AvgIpc) is 2.84. The predicted molar refractivity (Wildman–Crippen MR) is 83.7 cm³/mol. The topological polar surface area (TPSA) is 39.3 Å². The van der Waals surface area contributed by atoms with Crippen molar-refractivity contribution in [1.82, 2.24) is 9.88 Å². The number of aliphatic hydroxyl groups is 1. The van der Waals surface area contributed by atoms with Crippen LogP contribution in [0.4, 0.5) is 0 Å². The molecular formula is C17H22N2O. The summed E-state index contributed by atoms with van der Waals surface area (Å²) in [6, 6.07) is 6.61. The Balaban J connectivity index is 2.20. The molecule has 0 fully saturated rings. The van der Waals surface area contributed by atoms with Crippen molar-refractivity contribution in [3.8, 4) is 0 Å². The van der Waals surface area contributed by atoms with Gasteiger partial charge >= 0.3 is 0 Å². The monoisotopic (exact) mass is 270 g/mol. The molecule has 0 unspecified atom stereocenters. The highest BCUT2D eigenvalue weighted by molar-refractivity contribution is 5.93. The van der Waals surface area contributed by atoms with Crippen LogP contribution < -0.4 is 0 Å². The molecule has 0 bridgehead atoms. The number of fused-ring (bicyclic) bond motifs is 1. The number of H-pyrrole nitrogens is 1. The zero-order valence-electron chi connectivity index (χ0n) is 12.4. The number of likely N-dealkylation sites (N-methyl/N-ethyl adjacent to an activating group) is 1. The summed E-state index contributed by atoms with van der Waals surface area (Å²) in [7, 11) is 2.09. The molecule has 106 valence electrons. The highest BCUT2D eigenvalue weighted by Gasteiger charge is 2.27. The molecule has 0 radical (unpaired) electrons. The molecule has 1 aromatic heterocycles. The largest absolute Gasteiger partial charge is 0.394 e. The summed E-state index contributed by atoms with van der Waals surface area (Å²) >= 11 is 0. The molecule has 3 heteroatoms. The van der Waals surface area contributed by atoms with E-state index >= 15 is 0 Å². The van der Waals surface area contributed by atoms with E-state index in [2.05, 4.69) is 55.1 Å². The molecule has 2 N–H and O–H groups in total. The van der Waals surface area contributed by atoms with Gasteiger partial charge in [-0.3, -0.25) is 4.90 Å². The summed E-state index contributed by atoms with van der Waals surface area (Å²) < 4.78 is 0. The van der Waals surface area contributed by atoms with Crippen molar-refractivity contribution < 1.29 is 5.11 Å². The van der Waals surface area contributed by atoms with Crippen LogP contribution in [-0.2, 0) is 0 Å². The molecule has 1 aliphatic rings. The number of aromatic nitrogens is 1. The van der Waals surface area contributed by atoms with E-state index in [1.807, 2.05) is 6.20 Å². The van der Waals surface area contributed by atoms with Gasteiger partial charge in [0, 0.05) is 23.7 Å². The number of rotatable bonds is 2. The molecule has 2 heterocycles. The van der Waals surface area contributed by atoms with Gasteiger partial charge in [-0.1, -0.05) is 13.0 Å². The maximum atomic E-state index is 9.78. The molecule has 0 saturated heterocycles. The van der Waals surface area contributed by atoms with Gasteiger partial charge in [-0.15, -0.1) is 0 Å². The second kappa shape index (κ2) is 5.08. The molecule has 0 saturated carbocycles. The number of aryl methyl sites for hydroxylation is 1. The Morgan fingerprint density at radius 2 is 2.20 bits per heavy atom. The lowest BCUT2D eigenvalue weighted by molar-refractivity contribution is 0.167. The van der Waals surface area contributed by atoms with E-state index in [0.29, 0.717) is 5.92 Å². The standard InChI is InChI=1S/C17H22N2O/c1-11-6-13-4-5-18-17(13)15(7-11)14-8-12(2)9-19(3)16(14)10-20/h4-8,12,16,18,20H,9-10H2,1-3H3/t12-,16-/m1/s1. The summed E-state index contributed by atoms with van der Waals surface area (Å²) in [5, 5.41) is 11.0. The first-order valence-electron chi connectivity index (χ1n) is 7.21. The van der Waals surface area contributed by atoms with Crippen molar-refractivity contribution in [3.63, 3.8) is 0 Å². The van der Waals surface area contributed by atoms with E-state index < -0.39 is 0 Å². The van der Waals surface area contributed by atoms with E-state index in [4.69, 9.17) is 0 Å². The van der Waals surface area contributed by atoms with Gasteiger partial charge in [-0.25, -0.2) is 0 Å². The van der Waals surface area contributed by atoms with E-state index in [9.17, 15) is 5.11 Å². The maximum absolute atomic E-state index is 9.78. The SMILES string of the molecule is Cc1cc(C2=C[C@@H](C)CN(C)[C@@H]2CO)c2[nH]ccc2c1. The lowest BCUT2D eigenvalue weighted by Gasteiger charge is -2.35. The minimum atomic E-state index is 0.0829. The van der Waals surface area contributed by atoms with Crippen LogP contribution in [-0.4, -0.2) is 41.2 Å². The third-order valence-electron chi connectivity index (χ3n) is 4.22. The van der Waals surface area contributed by atoms with Crippen LogP contribution in [0.15, 0.2) is 30.5 Å². The van der Waals surface area contributed by atoms with Crippen LogP contribution in [0.3, 0.4) is 0 Å². The van der Waals surface area contributed by atoms with Gasteiger partial charge in [0.05, 0.1) is 18.2 Å². The number of aromatic amines is 1. The third-order valence-corrected chi connectivity index (χ3v) is 4.22. The fourth-order valence-corrected chi connectivity index (χ4v) is 3.35. The summed E-state index contributed by atoms with van der Waals surface area (Å²) in [6.45, 7) is 5.51. The van der Waals surface area contributed by atoms with Crippen LogP contribution in [0.25, 0.3) is 16.5 Å². The first-order valence-corrected chi connectivity index (χ1v) is 7.21. The Labute approximate surface area is 119 Å².